The molecular formula is C12H21NO. The SMILES string of the molecule is C=C(C)C(C)(C)/C(=N/O)C1CCCC1. The van der Waals surface area contributed by atoms with Crippen LogP contribution in [0, 0.1) is 11.3 Å². The summed E-state index contributed by atoms with van der Waals surface area (Å²) in [6, 6.07) is 0. The molecule has 0 aromatic carbocycles. The molecule has 0 aromatic heterocycles. The Bertz CT molecular complexity index is 247. The van der Waals surface area contributed by atoms with Gasteiger partial charge in [0.25, 0.3) is 0 Å². The van der Waals surface area contributed by atoms with Crippen LogP contribution >= 0.6 is 0 Å². The van der Waals surface area contributed by atoms with Crippen LogP contribution in [0.25, 0.3) is 0 Å². The lowest BCUT2D eigenvalue weighted by Gasteiger charge is -2.29. The van der Waals surface area contributed by atoms with Crippen LogP contribution in [-0.2, 0) is 0 Å². The zero-order chi connectivity index (χ0) is 10.8. The fraction of sp³-hybridized carbons (Fsp3) is 0.750. The maximum atomic E-state index is 9.12. The summed E-state index contributed by atoms with van der Waals surface area (Å²) in [5, 5.41) is 12.6. The average molecular weight is 195 g/mol. The zero-order valence-electron chi connectivity index (χ0n) is 9.51. The predicted molar refractivity (Wildman–Crippen MR) is 59.8 cm³/mol. The van der Waals surface area contributed by atoms with Crippen LogP contribution in [0.4, 0.5) is 0 Å². The summed E-state index contributed by atoms with van der Waals surface area (Å²) >= 11 is 0. The minimum Gasteiger partial charge on any atom is -0.411 e. The van der Waals surface area contributed by atoms with Crippen LogP contribution in [-0.4, -0.2) is 10.9 Å². The third kappa shape index (κ3) is 1.99. The van der Waals surface area contributed by atoms with E-state index in [2.05, 4.69) is 25.6 Å². The molecule has 0 unspecified atom stereocenters. The van der Waals surface area contributed by atoms with Crippen molar-refractivity contribution in [2.45, 2.75) is 46.5 Å². The lowest BCUT2D eigenvalue weighted by molar-refractivity contribution is 0.305. The lowest BCUT2D eigenvalue weighted by Crippen LogP contribution is -2.30. The van der Waals surface area contributed by atoms with E-state index in [1.54, 1.807) is 0 Å². The minimum atomic E-state index is -0.163. The van der Waals surface area contributed by atoms with Gasteiger partial charge in [0.15, 0.2) is 0 Å². The Morgan fingerprint density at radius 3 is 2.21 bits per heavy atom. The molecule has 14 heavy (non-hydrogen) atoms. The highest BCUT2D eigenvalue weighted by Crippen LogP contribution is 2.36. The quantitative estimate of drug-likeness (QED) is 0.317. The molecule has 0 bridgehead atoms. The van der Waals surface area contributed by atoms with E-state index in [0.29, 0.717) is 5.92 Å². The largest absolute Gasteiger partial charge is 0.411 e. The summed E-state index contributed by atoms with van der Waals surface area (Å²) in [6.07, 6.45) is 4.85. The van der Waals surface area contributed by atoms with Gasteiger partial charge in [-0.15, -0.1) is 0 Å². The van der Waals surface area contributed by atoms with Crippen molar-refractivity contribution in [1.29, 1.82) is 0 Å². The number of hydrogen-bond donors (Lipinski definition) is 1. The summed E-state index contributed by atoms with van der Waals surface area (Å²) < 4.78 is 0. The van der Waals surface area contributed by atoms with Crippen molar-refractivity contribution in [2.75, 3.05) is 0 Å². The summed E-state index contributed by atoms with van der Waals surface area (Å²) in [5.41, 5.74) is 1.82. The maximum absolute atomic E-state index is 9.12. The molecule has 0 radical (unpaired) electrons. The Kier molecular flexibility index (Phi) is 3.35. The first-order valence-corrected chi connectivity index (χ1v) is 5.38. The molecule has 1 fully saturated rings. The van der Waals surface area contributed by atoms with Gasteiger partial charge in [-0.25, -0.2) is 0 Å². The van der Waals surface area contributed by atoms with Gasteiger partial charge in [-0.05, 0) is 19.8 Å². The van der Waals surface area contributed by atoms with E-state index in [0.717, 1.165) is 24.1 Å². The molecule has 1 aliphatic carbocycles. The van der Waals surface area contributed by atoms with E-state index in [1.807, 2.05) is 6.92 Å². The van der Waals surface area contributed by atoms with Crippen LogP contribution in [0.3, 0.4) is 0 Å². The van der Waals surface area contributed by atoms with Crippen LogP contribution in [0.2, 0.25) is 0 Å². The number of oxime groups is 1. The van der Waals surface area contributed by atoms with Gasteiger partial charge < -0.3 is 5.21 Å². The van der Waals surface area contributed by atoms with E-state index in [1.165, 1.54) is 12.8 Å². The van der Waals surface area contributed by atoms with E-state index in [4.69, 9.17) is 5.21 Å². The summed E-state index contributed by atoms with van der Waals surface area (Å²) in [6.45, 7) is 10.1. The van der Waals surface area contributed by atoms with Crippen molar-refractivity contribution < 1.29 is 5.21 Å². The molecule has 0 atom stereocenters. The molecule has 2 nitrogen and oxygen atoms in total. The standard InChI is InChI=1S/C12H21NO/c1-9(2)12(3,4)11(13-14)10-7-5-6-8-10/h10,14H,1,5-8H2,2-4H3/b13-11+. The molecule has 0 amide bonds. The smallest absolute Gasteiger partial charge is 0.0697 e. The first-order chi connectivity index (χ1) is 6.50. The van der Waals surface area contributed by atoms with Gasteiger partial charge in [-0.1, -0.05) is 44.0 Å². The summed E-state index contributed by atoms with van der Waals surface area (Å²) in [7, 11) is 0. The first kappa shape index (κ1) is 11.3. The Morgan fingerprint density at radius 1 is 1.36 bits per heavy atom. The van der Waals surface area contributed by atoms with Gasteiger partial charge in [-0.2, -0.15) is 0 Å². The number of allylic oxidation sites excluding steroid dienone is 1. The topological polar surface area (TPSA) is 32.6 Å². The van der Waals surface area contributed by atoms with Gasteiger partial charge in [0.2, 0.25) is 0 Å². The number of hydrogen-bond acceptors (Lipinski definition) is 2. The molecular weight excluding hydrogens is 174 g/mol. The van der Waals surface area contributed by atoms with Crippen molar-refractivity contribution in [2.24, 2.45) is 16.5 Å². The molecule has 1 rings (SSSR count). The van der Waals surface area contributed by atoms with E-state index in [9.17, 15) is 0 Å². The van der Waals surface area contributed by atoms with Gasteiger partial charge in [-0.3, -0.25) is 0 Å². The maximum Gasteiger partial charge on any atom is 0.0697 e. The molecule has 0 spiro atoms. The summed E-state index contributed by atoms with van der Waals surface area (Å²) in [5.74, 6) is 0.465. The van der Waals surface area contributed by atoms with Crippen LogP contribution < -0.4 is 0 Å². The number of nitrogens with zero attached hydrogens (tertiary/aromatic N) is 1. The monoisotopic (exact) mass is 195 g/mol. The fourth-order valence-corrected chi connectivity index (χ4v) is 2.13. The molecule has 0 heterocycles. The van der Waals surface area contributed by atoms with E-state index >= 15 is 0 Å². The fourth-order valence-electron chi connectivity index (χ4n) is 2.13. The summed E-state index contributed by atoms with van der Waals surface area (Å²) in [4.78, 5) is 0. The molecule has 1 N–H and O–H groups in total. The predicted octanol–water partition coefficient (Wildman–Crippen LogP) is 3.61. The van der Waals surface area contributed by atoms with Crippen LogP contribution in [0.5, 0.6) is 0 Å². The molecule has 80 valence electrons. The Hall–Kier alpha value is -0.790. The number of rotatable bonds is 3. The highest BCUT2D eigenvalue weighted by molar-refractivity contribution is 5.93. The minimum absolute atomic E-state index is 0.163. The third-order valence-electron chi connectivity index (χ3n) is 3.56. The van der Waals surface area contributed by atoms with Crippen molar-refractivity contribution in [3.63, 3.8) is 0 Å². The average Bonchev–Trinajstić information content (AvgIpc) is 2.57. The highest BCUT2D eigenvalue weighted by Gasteiger charge is 2.34. The zero-order valence-corrected chi connectivity index (χ0v) is 9.51. The van der Waals surface area contributed by atoms with Crippen molar-refractivity contribution in [1.82, 2.24) is 0 Å². The molecule has 1 aliphatic rings. The van der Waals surface area contributed by atoms with Gasteiger partial charge >= 0.3 is 0 Å². The molecule has 0 saturated heterocycles. The van der Waals surface area contributed by atoms with Crippen LogP contribution in [0.15, 0.2) is 17.3 Å². The van der Waals surface area contributed by atoms with E-state index < -0.39 is 0 Å². The van der Waals surface area contributed by atoms with Gasteiger partial charge in [0, 0.05) is 11.3 Å². The van der Waals surface area contributed by atoms with Gasteiger partial charge in [0.05, 0.1) is 5.71 Å². The Labute approximate surface area is 86.7 Å². The van der Waals surface area contributed by atoms with E-state index in [-0.39, 0.29) is 5.41 Å². The molecule has 0 aromatic rings. The normalized spacial score (nSPS) is 20.1. The van der Waals surface area contributed by atoms with Crippen LogP contribution in [0.1, 0.15) is 46.5 Å². The van der Waals surface area contributed by atoms with Gasteiger partial charge in [0.1, 0.15) is 0 Å². The Balaban J connectivity index is 2.86. The molecule has 1 saturated carbocycles. The van der Waals surface area contributed by atoms with Crippen molar-refractivity contribution in [3.8, 4) is 0 Å². The second kappa shape index (κ2) is 4.16. The molecule has 2 heteroatoms. The second-order valence-corrected chi connectivity index (χ2v) is 4.87. The third-order valence-corrected chi connectivity index (χ3v) is 3.56. The van der Waals surface area contributed by atoms with Crippen molar-refractivity contribution in [3.05, 3.63) is 12.2 Å². The van der Waals surface area contributed by atoms with Crippen molar-refractivity contribution >= 4 is 5.71 Å². The highest BCUT2D eigenvalue weighted by atomic mass is 16.4. The second-order valence-electron chi connectivity index (χ2n) is 4.87. The first-order valence-electron chi connectivity index (χ1n) is 5.38. The Morgan fingerprint density at radius 2 is 1.86 bits per heavy atom. The lowest BCUT2D eigenvalue weighted by atomic mass is 9.75. The molecule has 0 aliphatic heterocycles.